The summed E-state index contributed by atoms with van der Waals surface area (Å²) >= 11 is 6.30. The van der Waals surface area contributed by atoms with Gasteiger partial charge in [-0.3, -0.25) is 4.98 Å². The second-order valence-corrected chi connectivity index (χ2v) is 3.98. The van der Waals surface area contributed by atoms with Gasteiger partial charge in [0.25, 0.3) is 0 Å². The molecule has 0 N–H and O–H groups in total. The molecule has 0 atom stereocenters. The van der Waals surface area contributed by atoms with Crippen molar-refractivity contribution in [2.75, 3.05) is 0 Å². The average Bonchev–Trinajstić information content (AvgIpc) is 2.14. The van der Waals surface area contributed by atoms with E-state index in [1.54, 1.807) is 0 Å². The Morgan fingerprint density at radius 2 is 1.86 bits per heavy atom. The van der Waals surface area contributed by atoms with Crippen LogP contribution in [0.1, 0.15) is 16.8 Å². The van der Waals surface area contributed by atoms with Gasteiger partial charge in [-0.1, -0.05) is 23.7 Å². The summed E-state index contributed by atoms with van der Waals surface area (Å²) in [5.41, 5.74) is 4.25. The molecule has 1 heterocycles. The van der Waals surface area contributed by atoms with Crippen molar-refractivity contribution in [3.63, 3.8) is 0 Å². The zero-order valence-corrected chi connectivity index (χ0v) is 9.31. The van der Waals surface area contributed by atoms with Crippen molar-refractivity contribution in [2.45, 2.75) is 20.8 Å². The monoisotopic (exact) mass is 205 g/mol. The fourth-order valence-electron chi connectivity index (χ4n) is 1.64. The predicted molar refractivity (Wildman–Crippen MR) is 61.0 cm³/mol. The molecule has 2 rings (SSSR count). The number of benzene rings is 1. The molecular weight excluding hydrogens is 194 g/mol. The van der Waals surface area contributed by atoms with Crippen molar-refractivity contribution in [1.29, 1.82) is 0 Å². The Morgan fingerprint density at radius 3 is 2.57 bits per heavy atom. The number of aryl methyl sites for hydroxylation is 2. The Morgan fingerprint density at radius 1 is 1.14 bits per heavy atom. The van der Waals surface area contributed by atoms with Crippen molar-refractivity contribution < 1.29 is 0 Å². The lowest BCUT2D eigenvalue weighted by Crippen LogP contribution is -1.92. The molecule has 1 aromatic carbocycles. The van der Waals surface area contributed by atoms with E-state index in [2.05, 4.69) is 18.0 Å². The summed E-state index contributed by atoms with van der Waals surface area (Å²) in [4.78, 5) is 4.51. The molecule has 0 amide bonds. The van der Waals surface area contributed by atoms with E-state index in [1.807, 2.05) is 26.0 Å². The number of nitrogens with zero attached hydrogens (tertiary/aromatic N) is 1. The van der Waals surface area contributed by atoms with Crippen molar-refractivity contribution in [2.24, 2.45) is 0 Å². The van der Waals surface area contributed by atoms with Crippen LogP contribution in [-0.4, -0.2) is 4.98 Å². The summed E-state index contributed by atoms with van der Waals surface area (Å²) in [6.07, 6.45) is 0. The van der Waals surface area contributed by atoms with Crippen molar-refractivity contribution in [3.05, 3.63) is 40.0 Å². The number of hydrogen-bond donors (Lipinski definition) is 0. The Bertz CT molecular complexity index is 503. The molecule has 72 valence electrons. The van der Waals surface area contributed by atoms with E-state index in [9.17, 15) is 0 Å². The van der Waals surface area contributed by atoms with Gasteiger partial charge < -0.3 is 0 Å². The summed E-state index contributed by atoms with van der Waals surface area (Å²) in [5, 5.41) is 1.92. The first-order valence-corrected chi connectivity index (χ1v) is 5.01. The maximum Gasteiger partial charge on any atom is 0.0723 e. The molecular formula is C12H12ClN. The smallest absolute Gasteiger partial charge is 0.0723 e. The minimum absolute atomic E-state index is 0.839. The molecule has 2 aromatic rings. The zero-order valence-electron chi connectivity index (χ0n) is 8.56. The molecule has 14 heavy (non-hydrogen) atoms. The van der Waals surface area contributed by atoms with Gasteiger partial charge in [-0.2, -0.15) is 0 Å². The summed E-state index contributed by atoms with van der Waals surface area (Å²) in [5.74, 6) is 0. The van der Waals surface area contributed by atoms with Crippen LogP contribution < -0.4 is 0 Å². The highest BCUT2D eigenvalue weighted by Gasteiger charge is 2.08. The standard InChI is InChI=1S/C12H12ClN/c1-7-5-4-6-10-11(7)12(13)8(2)9(3)14-10/h4-6H,1-3H3. The van der Waals surface area contributed by atoms with Crippen LogP contribution in [0, 0.1) is 20.8 Å². The van der Waals surface area contributed by atoms with E-state index in [0.717, 1.165) is 27.2 Å². The first-order valence-electron chi connectivity index (χ1n) is 4.63. The van der Waals surface area contributed by atoms with Crippen LogP contribution in [0.15, 0.2) is 18.2 Å². The van der Waals surface area contributed by atoms with E-state index in [1.165, 1.54) is 5.56 Å². The minimum Gasteiger partial charge on any atom is -0.253 e. The number of fused-ring (bicyclic) bond motifs is 1. The summed E-state index contributed by atoms with van der Waals surface area (Å²) in [6, 6.07) is 6.07. The second kappa shape index (κ2) is 3.25. The first kappa shape index (κ1) is 9.47. The topological polar surface area (TPSA) is 12.9 Å². The lowest BCUT2D eigenvalue weighted by molar-refractivity contribution is 1.19. The summed E-state index contributed by atoms with van der Waals surface area (Å²) in [7, 11) is 0. The van der Waals surface area contributed by atoms with E-state index >= 15 is 0 Å². The van der Waals surface area contributed by atoms with Crippen LogP contribution in [0.25, 0.3) is 10.9 Å². The Kier molecular flexibility index (Phi) is 2.20. The minimum atomic E-state index is 0.839. The summed E-state index contributed by atoms with van der Waals surface area (Å²) < 4.78 is 0. The van der Waals surface area contributed by atoms with Crippen LogP contribution in [0.2, 0.25) is 5.02 Å². The van der Waals surface area contributed by atoms with Crippen molar-refractivity contribution >= 4 is 22.5 Å². The van der Waals surface area contributed by atoms with Gasteiger partial charge in [0.2, 0.25) is 0 Å². The molecule has 1 aromatic heterocycles. The number of aromatic nitrogens is 1. The highest BCUT2D eigenvalue weighted by atomic mass is 35.5. The van der Waals surface area contributed by atoms with Gasteiger partial charge in [-0.05, 0) is 38.0 Å². The first-order chi connectivity index (χ1) is 6.61. The fraction of sp³-hybridized carbons (Fsp3) is 0.250. The normalized spacial score (nSPS) is 10.9. The molecule has 0 saturated carbocycles. The maximum absolute atomic E-state index is 6.30. The molecule has 1 nitrogen and oxygen atoms in total. The van der Waals surface area contributed by atoms with E-state index in [-0.39, 0.29) is 0 Å². The zero-order chi connectivity index (χ0) is 10.3. The molecule has 0 aliphatic rings. The van der Waals surface area contributed by atoms with Gasteiger partial charge in [0.15, 0.2) is 0 Å². The van der Waals surface area contributed by atoms with Gasteiger partial charge in [0.05, 0.1) is 10.5 Å². The Labute approximate surface area is 88.7 Å². The molecule has 0 aliphatic heterocycles. The van der Waals surface area contributed by atoms with E-state index in [4.69, 9.17) is 11.6 Å². The number of pyridine rings is 1. The molecule has 0 radical (unpaired) electrons. The van der Waals surface area contributed by atoms with Crippen LogP contribution in [0.3, 0.4) is 0 Å². The van der Waals surface area contributed by atoms with Crippen LogP contribution >= 0.6 is 11.6 Å². The van der Waals surface area contributed by atoms with Crippen molar-refractivity contribution in [1.82, 2.24) is 4.98 Å². The molecule has 0 bridgehead atoms. The van der Waals surface area contributed by atoms with Gasteiger partial charge in [0, 0.05) is 11.1 Å². The third-order valence-electron chi connectivity index (χ3n) is 2.63. The Balaban J connectivity index is 2.99. The lowest BCUT2D eigenvalue weighted by Gasteiger charge is -2.08. The van der Waals surface area contributed by atoms with Crippen LogP contribution in [0.4, 0.5) is 0 Å². The number of halogens is 1. The van der Waals surface area contributed by atoms with Crippen LogP contribution in [0.5, 0.6) is 0 Å². The molecule has 0 spiro atoms. The number of hydrogen-bond acceptors (Lipinski definition) is 1. The average molecular weight is 206 g/mol. The largest absolute Gasteiger partial charge is 0.253 e. The second-order valence-electron chi connectivity index (χ2n) is 3.61. The molecule has 0 fully saturated rings. The fourth-order valence-corrected chi connectivity index (χ4v) is 2.02. The predicted octanol–water partition coefficient (Wildman–Crippen LogP) is 3.81. The molecule has 2 heteroatoms. The summed E-state index contributed by atoms with van der Waals surface area (Å²) in [6.45, 7) is 6.06. The van der Waals surface area contributed by atoms with Crippen molar-refractivity contribution in [3.8, 4) is 0 Å². The molecule has 0 unspecified atom stereocenters. The van der Waals surface area contributed by atoms with Gasteiger partial charge >= 0.3 is 0 Å². The SMILES string of the molecule is Cc1nc2cccc(C)c2c(Cl)c1C. The third-order valence-corrected chi connectivity index (χ3v) is 3.10. The maximum atomic E-state index is 6.30. The van der Waals surface area contributed by atoms with E-state index in [0.29, 0.717) is 0 Å². The van der Waals surface area contributed by atoms with Gasteiger partial charge in [-0.25, -0.2) is 0 Å². The highest BCUT2D eigenvalue weighted by Crippen LogP contribution is 2.29. The van der Waals surface area contributed by atoms with Gasteiger partial charge in [-0.15, -0.1) is 0 Å². The molecule has 0 aliphatic carbocycles. The highest BCUT2D eigenvalue weighted by molar-refractivity contribution is 6.36. The van der Waals surface area contributed by atoms with E-state index < -0.39 is 0 Å². The lowest BCUT2D eigenvalue weighted by atomic mass is 10.1. The Hall–Kier alpha value is -1.08. The molecule has 0 saturated heterocycles. The van der Waals surface area contributed by atoms with Gasteiger partial charge in [0.1, 0.15) is 0 Å². The van der Waals surface area contributed by atoms with Crippen LogP contribution in [-0.2, 0) is 0 Å². The third kappa shape index (κ3) is 1.28. The number of rotatable bonds is 0. The quantitative estimate of drug-likeness (QED) is 0.637.